The Morgan fingerprint density at radius 1 is 1.50 bits per heavy atom. The maximum atomic E-state index is 11.4. The molecule has 0 aliphatic rings. The maximum Gasteiger partial charge on any atom is 0.233 e. The highest BCUT2D eigenvalue weighted by atomic mass is 32.2. The third-order valence-corrected chi connectivity index (χ3v) is 3.01. The Kier molecular flexibility index (Phi) is 3.90. The Hall–Kier alpha value is -1.11. The van der Waals surface area contributed by atoms with Gasteiger partial charge in [-0.3, -0.25) is 4.79 Å². The summed E-state index contributed by atoms with van der Waals surface area (Å²) in [6.07, 6.45) is 0. The zero-order valence-corrected chi connectivity index (χ0v) is 11.0. The number of amides is 1. The molecular formula is C9H17N5OS. The van der Waals surface area contributed by atoms with Crippen LogP contribution in [0.2, 0.25) is 0 Å². The fourth-order valence-electron chi connectivity index (χ4n) is 1.09. The maximum absolute atomic E-state index is 11.4. The van der Waals surface area contributed by atoms with Gasteiger partial charge in [-0.25, -0.2) is 4.68 Å². The number of carbonyl (C=O) groups excluding carboxylic acids is 1. The van der Waals surface area contributed by atoms with Gasteiger partial charge in [-0.15, -0.1) is 5.10 Å². The van der Waals surface area contributed by atoms with E-state index >= 15 is 0 Å². The molecule has 1 heterocycles. The van der Waals surface area contributed by atoms with Crippen LogP contribution < -0.4 is 5.32 Å². The smallest absolute Gasteiger partial charge is 0.233 e. The summed E-state index contributed by atoms with van der Waals surface area (Å²) in [5.41, 5.74) is -0.186. The van der Waals surface area contributed by atoms with Gasteiger partial charge in [-0.1, -0.05) is 11.8 Å². The van der Waals surface area contributed by atoms with Crippen molar-refractivity contribution in [2.75, 3.05) is 7.05 Å². The number of hydrogen-bond acceptors (Lipinski definition) is 5. The van der Waals surface area contributed by atoms with E-state index in [4.69, 9.17) is 0 Å². The average Bonchev–Trinajstić information content (AvgIpc) is 2.63. The number of nitrogens with zero attached hydrogens (tertiary/aromatic N) is 4. The Bertz CT molecular complexity index is 370. The predicted molar refractivity (Wildman–Crippen MR) is 62.2 cm³/mol. The van der Waals surface area contributed by atoms with Crippen molar-refractivity contribution in [3.05, 3.63) is 0 Å². The fourth-order valence-corrected chi connectivity index (χ4v) is 2.12. The van der Waals surface area contributed by atoms with E-state index in [0.717, 1.165) is 0 Å². The summed E-state index contributed by atoms with van der Waals surface area (Å²) in [4.78, 5) is 11.4. The van der Waals surface area contributed by atoms with Gasteiger partial charge in [-0.2, -0.15) is 0 Å². The van der Waals surface area contributed by atoms with Crippen LogP contribution in [0.15, 0.2) is 5.16 Å². The summed E-state index contributed by atoms with van der Waals surface area (Å²) in [6, 6.07) is 0. The lowest BCUT2D eigenvalue weighted by atomic mass is 10.1. The molecule has 90 valence electrons. The number of tetrazole rings is 1. The zero-order valence-electron chi connectivity index (χ0n) is 10.2. The molecule has 1 aromatic rings. The third-order valence-electron chi connectivity index (χ3n) is 1.97. The highest BCUT2D eigenvalue weighted by Gasteiger charge is 2.23. The van der Waals surface area contributed by atoms with Crippen molar-refractivity contribution in [1.82, 2.24) is 25.5 Å². The van der Waals surface area contributed by atoms with Crippen LogP contribution in [-0.2, 0) is 10.3 Å². The molecule has 0 unspecified atom stereocenters. The van der Waals surface area contributed by atoms with Crippen molar-refractivity contribution in [3.8, 4) is 0 Å². The van der Waals surface area contributed by atoms with Gasteiger partial charge in [0.2, 0.25) is 11.1 Å². The van der Waals surface area contributed by atoms with E-state index in [-0.39, 0.29) is 16.7 Å². The highest BCUT2D eigenvalue weighted by Crippen LogP contribution is 2.24. The van der Waals surface area contributed by atoms with Gasteiger partial charge < -0.3 is 5.32 Å². The number of rotatable bonds is 3. The summed E-state index contributed by atoms with van der Waals surface area (Å²) < 4.78 is 1.72. The Morgan fingerprint density at radius 3 is 2.62 bits per heavy atom. The van der Waals surface area contributed by atoms with E-state index in [1.807, 2.05) is 27.7 Å². The third kappa shape index (κ3) is 2.94. The monoisotopic (exact) mass is 243 g/mol. The molecule has 0 bridgehead atoms. The second-order valence-electron chi connectivity index (χ2n) is 4.42. The first-order valence-corrected chi connectivity index (χ1v) is 5.91. The molecule has 1 atom stereocenters. The largest absolute Gasteiger partial charge is 0.358 e. The molecule has 0 radical (unpaired) electrons. The summed E-state index contributed by atoms with van der Waals surface area (Å²) >= 11 is 1.35. The molecule has 16 heavy (non-hydrogen) atoms. The highest BCUT2D eigenvalue weighted by molar-refractivity contribution is 8.00. The molecule has 0 fully saturated rings. The quantitative estimate of drug-likeness (QED) is 0.789. The van der Waals surface area contributed by atoms with E-state index in [2.05, 4.69) is 20.8 Å². The first kappa shape index (κ1) is 13.0. The second-order valence-corrected chi connectivity index (χ2v) is 5.73. The topological polar surface area (TPSA) is 72.7 Å². The number of nitrogens with one attached hydrogen (secondary N) is 1. The summed E-state index contributed by atoms with van der Waals surface area (Å²) in [5.74, 6) is -0.0338. The lowest BCUT2D eigenvalue weighted by Crippen LogP contribution is -2.29. The molecule has 0 spiro atoms. The van der Waals surface area contributed by atoms with E-state index in [1.54, 1.807) is 11.7 Å². The van der Waals surface area contributed by atoms with Crippen molar-refractivity contribution in [2.45, 2.75) is 43.6 Å². The van der Waals surface area contributed by atoms with Crippen molar-refractivity contribution >= 4 is 17.7 Å². The Balaban J connectivity index is 2.83. The SMILES string of the molecule is CNC(=O)[C@H](C)Sc1nnnn1C(C)(C)C. The van der Waals surface area contributed by atoms with Crippen LogP contribution in [0.4, 0.5) is 0 Å². The van der Waals surface area contributed by atoms with E-state index < -0.39 is 0 Å². The normalized spacial score (nSPS) is 13.6. The van der Waals surface area contributed by atoms with Gasteiger partial charge in [0.15, 0.2) is 0 Å². The van der Waals surface area contributed by atoms with Gasteiger partial charge >= 0.3 is 0 Å². The van der Waals surface area contributed by atoms with E-state index in [9.17, 15) is 4.79 Å². The Labute approximate surface area is 99.2 Å². The van der Waals surface area contributed by atoms with Crippen molar-refractivity contribution in [2.24, 2.45) is 0 Å². The van der Waals surface area contributed by atoms with Crippen molar-refractivity contribution in [3.63, 3.8) is 0 Å². The fraction of sp³-hybridized carbons (Fsp3) is 0.778. The number of hydrogen-bond donors (Lipinski definition) is 1. The van der Waals surface area contributed by atoms with Crippen molar-refractivity contribution in [1.29, 1.82) is 0 Å². The molecule has 0 aliphatic heterocycles. The summed E-state index contributed by atoms with van der Waals surface area (Å²) in [5, 5.41) is 14.5. The molecule has 1 rings (SSSR count). The van der Waals surface area contributed by atoms with Gasteiger partial charge in [0.1, 0.15) is 0 Å². The van der Waals surface area contributed by atoms with Gasteiger partial charge in [0, 0.05) is 7.05 Å². The molecule has 1 N–H and O–H groups in total. The molecule has 0 saturated heterocycles. The van der Waals surface area contributed by atoms with Gasteiger partial charge in [-0.05, 0) is 38.1 Å². The number of carbonyl (C=O) groups is 1. The molecule has 0 aromatic carbocycles. The molecule has 6 nitrogen and oxygen atoms in total. The zero-order chi connectivity index (χ0) is 12.3. The standard InChI is InChI=1S/C9H17N5OS/c1-6(7(15)10-5)16-8-11-12-13-14(8)9(2,3)4/h6H,1-5H3,(H,10,15)/t6-/m0/s1. The Morgan fingerprint density at radius 2 is 2.12 bits per heavy atom. The lowest BCUT2D eigenvalue weighted by Gasteiger charge is -2.20. The molecule has 1 amide bonds. The second kappa shape index (κ2) is 4.82. The number of thioether (sulfide) groups is 1. The molecule has 1 aromatic heterocycles. The van der Waals surface area contributed by atoms with Crippen molar-refractivity contribution < 1.29 is 4.79 Å². The minimum Gasteiger partial charge on any atom is -0.358 e. The van der Waals surface area contributed by atoms with E-state index in [1.165, 1.54) is 11.8 Å². The van der Waals surface area contributed by atoms with Gasteiger partial charge in [0.05, 0.1) is 10.8 Å². The minimum absolute atomic E-state index is 0.0338. The van der Waals surface area contributed by atoms with E-state index in [0.29, 0.717) is 5.16 Å². The van der Waals surface area contributed by atoms with Crippen LogP contribution in [0.25, 0.3) is 0 Å². The first-order valence-electron chi connectivity index (χ1n) is 5.03. The van der Waals surface area contributed by atoms with Crippen LogP contribution in [0.5, 0.6) is 0 Å². The summed E-state index contributed by atoms with van der Waals surface area (Å²) in [7, 11) is 1.62. The van der Waals surface area contributed by atoms with Crippen LogP contribution >= 0.6 is 11.8 Å². The van der Waals surface area contributed by atoms with Gasteiger partial charge in [0.25, 0.3) is 0 Å². The average molecular weight is 243 g/mol. The molecule has 0 saturated carbocycles. The molecule has 7 heteroatoms. The van der Waals surface area contributed by atoms with Crippen LogP contribution in [0, 0.1) is 0 Å². The first-order chi connectivity index (χ1) is 7.36. The van der Waals surface area contributed by atoms with Crippen LogP contribution in [0.3, 0.4) is 0 Å². The van der Waals surface area contributed by atoms with Crippen LogP contribution in [-0.4, -0.2) is 38.4 Å². The van der Waals surface area contributed by atoms with Crippen LogP contribution in [0.1, 0.15) is 27.7 Å². The molecule has 0 aliphatic carbocycles. The minimum atomic E-state index is -0.211. The molecular weight excluding hydrogens is 226 g/mol. The lowest BCUT2D eigenvalue weighted by molar-refractivity contribution is -0.119. The summed E-state index contributed by atoms with van der Waals surface area (Å²) in [6.45, 7) is 7.86. The predicted octanol–water partition coefficient (Wildman–Crippen LogP) is 0.655. The number of aromatic nitrogens is 4.